The van der Waals surface area contributed by atoms with Gasteiger partial charge in [-0.15, -0.1) is 0 Å². The van der Waals surface area contributed by atoms with Gasteiger partial charge in [-0.2, -0.15) is 5.10 Å². The highest BCUT2D eigenvalue weighted by molar-refractivity contribution is 6.06. The van der Waals surface area contributed by atoms with Crippen molar-refractivity contribution in [2.24, 2.45) is 12.8 Å². The Morgan fingerprint density at radius 1 is 1.11 bits per heavy atom. The number of nitrogens with one attached hydrogen (secondary N) is 3. The van der Waals surface area contributed by atoms with E-state index in [0.717, 1.165) is 5.39 Å². The number of aromatic nitrogens is 3. The summed E-state index contributed by atoms with van der Waals surface area (Å²) in [4.78, 5) is 39.2. The molecule has 0 aliphatic carbocycles. The molecular weight excluding hydrogens is 362 g/mol. The number of fused-ring (bicyclic) bond motifs is 1. The monoisotopic (exact) mass is 381 g/mol. The van der Waals surface area contributed by atoms with Gasteiger partial charge in [0, 0.05) is 43.0 Å². The van der Waals surface area contributed by atoms with Crippen LogP contribution in [0.2, 0.25) is 0 Å². The predicted molar refractivity (Wildman–Crippen MR) is 104 cm³/mol. The number of primary amides is 1. The van der Waals surface area contributed by atoms with Crippen LogP contribution in [0.15, 0.2) is 42.7 Å². The fraction of sp³-hybridized carbons (Fsp3) is 0.167. The molecule has 0 aliphatic heterocycles. The van der Waals surface area contributed by atoms with Crippen molar-refractivity contribution < 1.29 is 14.4 Å². The third-order valence-corrected chi connectivity index (χ3v) is 3.87. The minimum absolute atomic E-state index is 0.0544. The Kier molecular flexibility index (Phi) is 5.49. The maximum atomic E-state index is 12.5. The van der Waals surface area contributed by atoms with Crippen LogP contribution in [0.3, 0.4) is 0 Å². The first-order valence-corrected chi connectivity index (χ1v) is 8.45. The first-order chi connectivity index (χ1) is 13.4. The van der Waals surface area contributed by atoms with E-state index >= 15 is 0 Å². The SMILES string of the molecule is Cn1ncc2cc(C(=O)Nc3cccc(NC(=O)NCCC(N)=O)c3)cnc21. The third kappa shape index (κ3) is 4.61. The number of anilines is 2. The van der Waals surface area contributed by atoms with Crippen molar-refractivity contribution in [2.75, 3.05) is 17.2 Å². The summed E-state index contributed by atoms with van der Waals surface area (Å²) in [6.07, 6.45) is 3.17. The van der Waals surface area contributed by atoms with E-state index in [1.165, 1.54) is 6.20 Å². The number of pyridine rings is 1. The number of rotatable bonds is 6. The van der Waals surface area contributed by atoms with E-state index in [-0.39, 0.29) is 18.9 Å². The summed E-state index contributed by atoms with van der Waals surface area (Å²) in [6, 6.07) is 7.91. The molecule has 0 bridgehead atoms. The largest absolute Gasteiger partial charge is 0.370 e. The van der Waals surface area contributed by atoms with E-state index in [4.69, 9.17) is 5.73 Å². The van der Waals surface area contributed by atoms with E-state index in [2.05, 4.69) is 26.0 Å². The number of aryl methyl sites for hydroxylation is 1. The average Bonchev–Trinajstić information content (AvgIpc) is 3.02. The number of carbonyl (C=O) groups is 3. The van der Waals surface area contributed by atoms with Crippen LogP contribution in [0.4, 0.5) is 16.2 Å². The topological polar surface area (TPSA) is 144 Å². The van der Waals surface area contributed by atoms with Crippen LogP contribution < -0.4 is 21.7 Å². The van der Waals surface area contributed by atoms with Crippen molar-refractivity contribution in [3.8, 4) is 0 Å². The van der Waals surface area contributed by atoms with Crippen molar-refractivity contribution in [3.05, 3.63) is 48.3 Å². The summed E-state index contributed by atoms with van der Waals surface area (Å²) >= 11 is 0. The number of urea groups is 1. The van der Waals surface area contributed by atoms with Gasteiger partial charge in [-0.1, -0.05) is 6.07 Å². The molecule has 28 heavy (non-hydrogen) atoms. The lowest BCUT2D eigenvalue weighted by Crippen LogP contribution is -2.31. The summed E-state index contributed by atoms with van der Waals surface area (Å²) in [6.45, 7) is 0.140. The summed E-state index contributed by atoms with van der Waals surface area (Å²) < 4.78 is 1.63. The average molecular weight is 381 g/mol. The van der Waals surface area contributed by atoms with E-state index in [9.17, 15) is 14.4 Å². The van der Waals surface area contributed by atoms with E-state index in [1.807, 2.05) is 0 Å². The van der Waals surface area contributed by atoms with Crippen LogP contribution in [0.5, 0.6) is 0 Å². The maximum absolute atomic E-state index is 12.5. The van der Waals surface area contributed by atoms with Crippen LogP contribution in [-0.2, 0) is 11.8 Å². The Balaban J connectivity index is 1.63. The molecule has 4 amide bonds. The number of nitrogens with zero attached hydrogens (tertiary/aromatic N) is 3. The zero-order valence-electron chi connectivity index (χ0n) is 15.1. The van der Waals surface area contributed by atoms with Gasteiger partial charge in [-0.05, 0) is 24.3 Å². The van der Waals surface area contributed by atoms with Crippen LogP contribution >= 0.6 is 0 Å². The lowest BCUT2D eigenvalue weighted by atomic mass is 10.2. The Hall–Kier alpha value is -3.95. The number of benzene rings is 1. The van der Waals surface area contributed by atoms with E-state index < -0.39 is 11.9 Å². The first-order valence-electron chi connectivity index (χ1n) is 8.45. The molecule has 10 nitrogen and oxygen atoms in total. The molecule has 3 aromatic rings. The molecule has 0 atom stereocenters. The van der Waals surface area contributed by atoms with Crippen molar-refractivity contribution in [1.82, 2.24) is 20.1 Å². The second-order valence-corrected chi connectivity index (χ2v) is 6.04. The van der Waals surface area contributed by atoms with Gasteiger partial charge in [-0.25, -0.2) is 9.78 Å². The number of nitrogens with two attached hydrogens (primary N) is 1. The molecule has 2 heterocycles. The van der Waals surface area contributed by atoms with Gasteiger partial charge in [0.15, 0.2) is 5.65 Å². The van der Waals surface area contributed by atoms with Crippen LogP contribution in [0, 0.1) is 0 Å². The van der Waals surface area contributed by atoms with Gasteiger partial charge in [0.1, 0.15) is 0 Å². The van der Waals surface area contributed by atoms with Crippen LogP contribution in [0.1, 0.15) is 16.8 Å². The first kappa shape index (κ1) is 18.8. The number of hydrogen-bond acceptors (Lipinski definition) is 5. The maximum Gasteiger partial charge on any atom is 0.319 e. The second-order valence-electron chi connectivity index (χ2n) is 6.04. The molecule has 10 heteroatoms. The molecule has 1 aromatic carbocycles. The zero-order chi connectivity index (χ0) is 20.1. The van der Waals surface area contributed by atoms with E-state index in [1.54, 1.807) is 48.3 Å². The fourth-order valence-electron chi connectivity index (χ4n) is 2.52. The highest BCUT2D eigenvalue weighted by Gasteiger charge is 2.10. The summed E-state index contributed by atoms with van der Waals surface area (Å²) in [5.41, 5.74) is 7.08. The van der Waals surface area contributed by atoms with Gasteiger partial charge >= 0.3 is 6.03 Å². The highest BCUT2D eigenvalue weighted by Crippen LogP contribution is 2.17. The quantitative estimate of drug-likeness (QED) is 0.507. The van der Waals surface area contributed by atoms with Crippen molar-refractivity contribution in [3.63, 3.8) is 0 Å². The highest BCUT2D eigenvalue weighted by atomic mass is 16.2. The van der Waals surface area contributed by atoms with Crippen molar-refractivity contribution in [2.45, 2.75) is 6.42 Å². The van der Waals surface area contributed by atoms with Crippen LogP contribution in [0.25, 0.3) is 11.0 Å². The lowest BCUT2D eigenvalue weighted by Gasteiger charge is -2.09. The van der Waals surface area contributed by atoms with Gasteiger partial charge in [-0.3, -0.25) is 14.3 Å². The second kappa shape index (κ2) is 8.16. The molecule has 0 saturated heterocycles. The molecule has 0 unspecified atom stereocenters. The molecular formula is C18H19N7O3. The molecule has 144 valence electrons. The number of hydrogen-bond donors (Lipinski definition) is 4. The van der Waals surface area contributed by atoms with E-state index in [0.29, 0.717) is 22.6 Å². The van der Waals surface area contributed by atoms with Crippen molar-refractivity contribution in [1.29, 1.82) is 0 Å². The smallest absolute Gasteiger partial charge is 0.319 e. The minimum Gasteiger partial charge on any atom is -0.370 e. The number of carbonyl (C=O) groups excluding carboxylic acids is 3. The molecule has 3 rings (SSSR count). The standard InChI is InChI=1S/C18H19N7O3/c1-25-16-11(10-22-25)7-12(9-21-16)17(27)23-13-3-2-4-14(8-13)24-18(28)20-6-5-15(19)26/h2-4,7-10H,5-6H2,1H3,(H2,19,26)(H,23,27)(H2,20,24,28). The number of amides is 4. The Bertz CT molecular complexity index is 1040. The summed E-state index contributed by atoms with van der Waals surface area (Å²) in [5.74, 6) is -0.828. The van der Waals surface area contributed by atoms with Gasteiger partial charge in [0.2, 0.25) is 5.91 Å². The molecule has 0 radical (unpaired) electrons. The minimum atomic E-state index is -0.496. The predicted octanol–water partition coefficient (Wildman–Crippen LogP) is 1.22. The Morgan fingerprint density at radius 2 is 1.86 bits per heavy atom. The molecule has 0 saturated carbocycles. The zero-order valence-corrected chi connectivity index (χ0v) is 15.1. The van der Waals surface area contributed by atoms with Gasteiger partial charge < -0.3 is 21.7 Å². The van der Waals surface area contributed by atoms with Crippen molar-refractivity contribution >= 4 is 40.3 Å². The van der Waals surface area contributed by atoms with Crippen LogP contribution in [-0.4, -0.2) is 39.2 Å². The Labute approximate surface area is 160 Å². The molecule has 2 aromatic heterocycles. The molecule has 0 spiro atoms. The summed E-state index contributed by atoms with van der Waals surface area (Å²) in [5, 5.41) is 12.8. The van der Waals surface area contributed by atoms with Gasteiger partial charge in [0.25, 0.3) is 5.91 Å². The molecule has 0 aliphatic rings. The van der Waals surface area contributed by atoms with Gasteiger partial charge in [0.05, 0.1) is 11.8 Å². The Morgan fingerprint density at radius 3 is 2.61 bits per heavy atom. The summed E-state index contributed by atoms with van der Waals surface area (Å²) in [7, 11) is 1.78. The normalized spacial score (nSPS) is 10.5. The lowest BCUT2D eigenvalue weighted by molar-refractivity contribution is -0.117. The third-order valence-electron chi connectivity index (χ3n) is 3.87. The molecule has 5 N–H and O–H groups in total. The molecule has 0 fully saturated rings. The fourth-order valence-corrected chi connectivity index (χ4v) is 2.52.